The van der Waals surface area contributed by atoms with Gasteiger partial charge in [-0.3, -0.25) is 14.4 Å². The van der Waals surface area contributed by atoms with Crippen molar-refractivity contribution in [3.63, 3.8) is 0 Å². The van der Waals surface area contributed by atoms with E-state index in [1.165, 1.54) is 12.1 Å². The van der Waals surface area contributed by atoms with Gasteiger partial charge in [0, 0.05) is 28.5 Å². The molecule has 31 heavy (non-hydrogen) atoms. The molecule has 158 valence electrons. The molecular formula is C23H21ClN4O3. The number of para-hydroxylation sites is 1. The Kier molecular flexibility index (Phi) is 5.61. The highest BCUT2D eigenvalue weighted by molar-refractivity contribution is 6.31. The first-order valence-corrected chi connectivity index (χ1v) is 10.3. The van der Waals surface area contributed by atoms with Gasteiger partial charge in [-0.25, -0.2) is 4.68 Å². The topological polar surface area (TPSA) is 84.3 Å². The van der Waals surface area contributed by atoms with E-state index in [-0.39, 0.29) is 24.2 Å². The smallest absolute Gasteiger partial charge is 0.278 e. The number of hydrogen-bond donors (Lipinski definition) is 1. The number of fused-ring (bicyclic) bond motifs is 1. The van der Waals surface area contributed by atoms with Crippen LogP contribution in [0.3, 0.4) is 0 Å². The van der Waals surface area contributed by atoms with Crippen LogP contribution in [0.5, 0.6) is 0 Å². The molecule has 4 rings (SSSR count). The van der Waals surface area contributed by atoms with Crippen LogP contribution < -0.4 is 15.8 Å². The molecule has 1 aliphatic heterocycles. The first kappa shape index (κ1) is 20.8. The molecule has 7 nitrogen and oxygen atoms in total. The Labute approximate surface area is 184 Å². The number of carbonyl (C=O) groups is 2. The average Bonchev–Trinajstić information content (AvgIpc) is 3.07. The Balaban J connectivity index is 1.56. The Hall–Kier alpha value is -3.45. The molecule has 0 fully saturated rings. The highest BCUT2D eigenvalue weighted by Crippen LogP contribution is 2.32. The zero-order valence-corrected chi connectivity index (χ0v) is 17.9. The Morgan fingerprint density at radius 1 is 1.16 bits per heavy atom. The Bertz CT molecular complexity index is 1240. The van der Waals surface area contributed by atoms with Crippen molar-refractivity contribution in [1.82, 2.24) is 9.78 Å². The lowest BCUT2D eigenvalue weighted by Crippen LogP contribution is -2.38. The molecule has 8 heteroatoms. The first-order chi connectivity index (χ1) is 14.8. The van der Waals surface area contributed by atoms with Crippen LogP contribution in [0.2, 0.25) is 5.02 Å². The van der Waals surface area contributed by atoms with Gasteiger partial charge < -0.3 is 10.2 Å². The van der Waals surface area contributed by atoms with Gasteiger partial charge in [0.05, 0.1) is 0 Å². The van der Waals surface area contributed by atoms with E-state index < -0.39 is 11.5 Å². The van der Waals surface area contributed by atoms with Crippen LogP contribution in [0, 0.1) is 6.92 Å². The number of carbonyl (C=O) groups excluding carboxylic acids is 2. The average molecular weight is 437 g/mol. The van der Waals surface area contributed by atoms with E-state index in [2.05, 4.69) is 10.4 Å². The molecule has 1 aromatic heterocycles. The molecule has 1 unspecified atom stereocenters. The summed E-state index contributed by atoms with van der Waals surface area (Å²) in [5, 5.41) is 7.39. The van der Waals surface area contributed by atoms with Crippen molar-refractivity contribution in [3.05, 3.63) is 86.8 Å². The van der Waals surface area contributed by atoms with Gasteiger partial charge in [0.2, 0.25) is 5.91 Å². The van der Waals surface area contributed by atoms with Crippen LogP contribution in [0.25, 0.3) is 0 Å². The van der Waals surface area contributed by atoms with E-state index in [0.29, 0.717) is 10.7 Å². The monoisotopic (exact) mass is 436 g/mol. The van der Waals surface area contributed by atoms with E-state index in [1.807, 2.05) is 38.1 Å². The molecule has 3 aromatic rings. The van der Waals surface area contributed by atoms with Crippen LogP contribution in [0.15, 0.2) is 59.4 Å². The molecule has 0 spiro atoms. The molecule has 2 amide bonds. The third-order valence-electron chi connectivity index (χ3n) is 5.28. The fraction of sp³-hybridized carbons (Fsp3) is 0.217. The number of amides is 2. The highest BCUT2D eigenvalue weighted by atomic mass is 35.5. The van der Waals surface area contributed by atoms with Crippen molar-refractivity contribution in [2.45, 2.75) is 32.9 Å². The third-order valence-corrected chi connectivity index (χ3v) is 5.51. The Morgan fingerprint density at radius 2 is 1.94 bits per heavy atom. The van der Waals surface area contributed by atoms with Crippen molar-refractivity contribution in [2.24, 2.45) is 0 Å². The Morgan fingerprint density at radius 3 is 2.74 bits per heavy atom. The highest BCUT2D eigenvalue weighted by Gasteiger charge is 2.32. The maximum absolute atomic E-state index is 13.2. The molecule has 2 heterocycles. The number of aryl methyl sites for hydroxylation is 1. The van der Waals surface area contributed by atoms with Crippen LogP contribution in [-0.2, 0) is 17.8 Å². The van der Waals surface area contributed by atoms with Gasteiger partial charge in [-0.05, 0) is 55.7 Å². The number of rotatable bonds is 4. The normalized spacial score (nSPS) is 14.9. The van der Waals surface area contributed by atoms with Gasteiger partial charge in [-0.1, -0.05) is 35.9 Å². The molecule has 0 saturated heterocycles. The molecule has 1 atom stereocenters. The number of hydrogen-bond acceptors (Lipinski definition) is 4. The standard InChI is InChI=1S/C23H21ClN4O3/c1-14-7-8-17(24)12-19(14)25-21(29)13-27-22(30)10-9-18(26-27)23(31)28-15(2)11-16-5-3-4-6-20(16)28/h3-10,12,15H,11,13H2,1-2H3,(H,25,29). The fourth-order valence-electron chi connectivity index (χ4n) is 3.73. The molecule has 1 N–H and O–H groups in total. The minimum absolute atomic E-state index is 0.0267. The number of halogens is 1. The summed E-state index contributed by atoms with van der Waals surface area (Å²) in [5.41, 5.74) is 2.96. The van der Waals surface area contributed by atoms with Gasteiger partial charge in [-0.15, -0.1) is 0 Å². The van der Waals surface area contributed by atoms with Crippen LogP contribution in [0.1, 0.15) is 28.5 Å². The van der Waals surface area contributed by atoms with E-state index in [0.717, 1.165) is 27.9 Å². The van der Waals surface area contributed by atoms with E-state index in [9.17, 15) is 14.4 Å². The summed E-state index contributed by atoms with van der Waals surface area (Å²) in [7, 11) is 0. The lowest BCUT2D eigenvalue weighted by atomic mass is 10.1. The molecule has 0 bridgehead atoms. The van der Waals surface area contributed by atoms with Crippen molar-refractivity contribution < 1.29 is 9.59 Å². The molecule has 1 aliphatic rings. The number of benzene rings is 2. The minimum Gasteiger partial charge on any atom is -0.324 e. The summed E-state index contributed by atoms with van der Waals surface area (Å²) in [6.07, 6.45) is 0.753. The summed E-state index contributed by atoms with van der Waals surface area (Å²) in [6, 6.07) is 15.5. The molecule has 0 saturated carbocycles. The summed E-state index contributed by atoms with van der Waals surface area (Å²) in [6.45, 7) is 3.48. The predicted octanol–water partition coefficient (Wildman–Crippen LogP) is 3.44. The maximum Gasteiger partial charge on any atom is 0.278 e. The first-order valence-electron chi connectivity index (χ1n) is 9.89. The van der Waals surface area contributed by atoms with Crippen LogP contribution in [0.4, 0.5) is 11.4 Å². The van der Waals surface area contributed by atoms with Crippen molar-refractivity contribution in [2.75, 3.05) is 10.2 Å². The lowest BCUT2D eigenvalue weighted by molar-refractivity contribution is -0.117. The van der Waals surface area contributed by atoms with Crippen molar-refractivity contribution in [3.8, 4) is 0 Å². The number of nitrogens with one attached hydrogen (secondary N) is 1. The van der Waals surface area contributed by atoms with Crippen LogP contribution >= 0.6 is 11.6 Å². The van der Waals surface area contributed by atoms with Crippen molar-refractivity contribution in [1.29, 1.82) is 0 Å². The molecule has 0 radical (unpaired) electrons. The lowest BCUT2D eigenvalue weighted by Gasteiger charge is -2.22. The zero-order valence-electron chi connectivity index (χ0n) is 17.1. The fourth-order valence-corrected chi connectivity index (χ4v) is 3.90. The second-order valence-electron chi connectivity index (χ2n) is 7.58. The summed E-state index contributed by atoms with van der Waals surface area (Å²) < 4.78 is 0.995. The number of aromatic nitrogens is 2. The number of nitrogens with zero attached hydrogens (tertiary/aromatic N) is 3. The van der Waals surface area contributed by atoms with E-state index in [1.54, 1.807) is 23.1 Å². The predicted molar refractivity (Wildman–Crippen MR) is 120 cm³/mol. The summed E-state index contributed by atoms with van der Waals surface area (Å²) >= 11 is 5.99. The van der Waals surface area contributed by atoms with E-state index >= 15 is 0 Å². The zero-order chi connectivity index (χ0) is 22.1. The summed E-state index contributed by atoms with van der Waals surface area (Å²) in [5.74, 6) is -0.748. The maximum atomic E-state index is 13.2. The largest absolute Gasteiger partial charge is 0.324 e. The van der Waals surface area contributed by atoms with Crippen molar-refractivity contribution >= 4 is 34.8 Å². The third kappa shape index (κ3) is 4.22. The minimum atomic E-state index is -0.468. The van der Waals surface area contributed by atoms with Gasteiger partial charge in [0.1, 0.15) is 12.2 Å². The second kappa shape index (κ2) is 8.35. The second-order valence-corrected chi connectivity index (χ2v) is 8.02. The van der Waals surface area contributed by atoms with Gasteiger partial charge in [-0.2, -0.15) is 5.10 Å². The molecular weight excluding hydrogens is 416 g/mol. The molecule has 2 aromatic carbocycles. The number of anilines is 2. The van der Waals surface area contributed by atoms with Crippen LogP contribution in [-0.4, -0.2) is 27.6 Å². The van der Waals surface area contributed by atoms with Gasteiger partial charge >= 0.3 is 0 Å². The SMILES string of the molecule is Cc1ccc(Cl)cc1NC(=O)Cn1nc(C(=O)N2c3ccccc3CC2C)ccc1=O. The quantitative estimate of drug-likeness (QED) is 0.679. The summed E-state index contributed by atoms with van der Waals surface area (Å²) in [4.78, 5) is 39.6. The van der Waals surface area contributed by atoms with Gasteiger partial charge in [0.25, 0.3) is 11.5 Å². The van der Waals surface area contributed by atoms with E-state index in [4.69, 9.17) is 11.6 Å². The molecule has 0 aliphatic carbocycles. The van der Waals surface area contributed by atoms with Gasteiger partial charge in [0.15, 0.2) is 0 Å².